The highest BCUT2D eigenvalue weighted by Gasteiger charge is 2.33. The molecule has 0 saturated carbocycles. The number of nitrogens with one attached hydrogen (secondary N) is 2. The molecule has 1 saturated heterocycles. The van der Waals surface area contributed by atoms with Gasteiger partial charge in [-0.15, -0.1) is 0 Å². The standard InChI is InChI=1S/C21H21FN4O2/c22-17-1-2-19-18(10-17)15(12-24-19)5-8-26-13-16(9-20(26)27)21(28)25-11-14-3-6-23-7-4-14/h1-4,6-7,10,12,16,24H,5,8-9,11,13H2,(H,25,28)/t16-/m0/s1. The van der Waals surface area contributed by atoms with Crippen LogP contribution in [0.25, 0.3) is 10.9 Å². The van der Waals surface area contributed by atoms with E-state index in [4.69, 9.17) is 0 Å². The fraction of sp³-hybridized carbons (Fsp3) is 0.286. The number of carbonyl (C=O) groups is 2. The van der Waals surface area contributed by atoms with Gasteiger partial charge in [0.2, 0.25) is 11.8 Å². The van der Waals surface area contributed by atoms with Crippen LogP contribution >= 0.6 is 0 Å². The van der Waals surface area contributed by atoms with E-state index in [1.54, 1.807) is 23.4 Å². The summed E-state index contributed by atoms with van der Waals surface area (Å²) in [5, 5.41) is 3.72. The van der Waals surface area contributed by atoms with E-state index in [1.807, 2.05) is 18.3 Å². The number of hydrogen-bond acceptors (Lipinski definition) is 3. The Morgan fingerprint density at radius 1 is 1.29 bits per heavy atom. The zero-order valence-electron chi connectivity index (χ0n) is 15.3. The number of amides is 2. The Labute approximate surface area is 161 Å². The van der Waals surface area contributed by atoms with Gasteiger partial charge in [0.15, 0.2) is 0 Å². The minimum atomic E-state index is -0.338. The Morgan fingerprint density at radius 2 is 2.11 bits per heavy atom. The molecule has 0 radical (unpaired) electrons. The van der Waals surface area contributed by atoms with Gasteiger partial charge in [-0.25, -0.2) is 4.39 Å². The third kappa shape index (κ3) is 3.88. The van der Waals surface area contributed by atoms with Crippen LogP contribution in [0.3, 0.4) is 0 Å². The number of aromatic amines is 1. The van der Waals surface area contributed by atoms with Crippen LogP contribution in [0.4, 0.5) is 4.39 Å². The minimum absolute atomic E-state index is 0.0184. The summed E-state index contributed by atoms with van der Waals surface area (Å²) < 4.78 is 13.5. The van der Waals surface area contributed by atoms with Crippen molar-refractivity contribution in [2.75, 3.05) is 13.1 Å². The van der Waals surface area contributed by atoms with Gasteiger partial charge < -0.3 is 15.2 Å². The van der Waals surface area contributed by atoms with Gasteiger partial charge >= 0.3 is 0 Å². The van der Waals surface area contributed by atoms with Crippen LogP contribution in [0.15, 0.2) is 48.9 Å². The Hall–Kier alpha value is -3.22. The van der Waals surface area contributed by atoms with Crippen molar-refractivity contribution in [3.8, 4) is 0 Å². The van der Waals surface area contributed by atoms with Gasteiger partial charge in [-0.3, -0.25) is 14.6 Å². The highest BCUT2D eigenvalue weighted by Crippen LogP contribution is 2.22. The molecular formula is C21H21FN4O2. The topological polar surface area (TPSA) is 78.1 Å². The predicted octanol–water partition coefficient (Wildman–Crippen LogP) is 2.41. The smallest absolute Gasteiger partial charge is 0.225 e. The first-order valence-electron chi connectivity index (χ1n) is 9.30. The van der Waals surface area contributed by atoms with Gasteiger partial charge in [-0.2, -0.15) is 0 Å². The van der Waals surface area contributed by atoms with Crippen molar-refractivity contribution in [3.63, 3.8) is 0 Å². The Morgan fingerprint density at radius 3 is 2.93 bits per heavy atom. The number of nitrogens with zero attached hydrogens (tertiary/aromatic N) is 2. The Kier molecular flexibility index (Phi) is 5.06. The first-order valence-corrected chi connectivity index (χ1v) is 9.30. The highest BCUT2D eigenvalue weighted by atomic mass is 19.1. The van der Waals surface area contributed by atoms with Crippen LogP contribution in [0, 0.1) is 11.7 Å². The molecule has 1 aliphatic rings. The molecule has 2 amide bonds. The molecule has 144 valence electrons. The molecule has 0 spiro atoms. The predicted molar refractivity (Wildman–Crippen MR) is 103 cm³/mol. The number of likely N-dealkylation sites (tertiary alicyclic amines) is 1. The Balaban J connectivity index is 1.33. The number of hydrogen-bond donors (Lipinski definition) is 2. The molecule has 1 fully saturated rings. The van der Waals surface area contributed by atoms with Gasteiger partial charge in [0, 0.05) is 55.5 Å². The van der Waals surface area contributed by atoms with E-state index < -0.39 is 0 Å². The fourth-order valence-electron chi connectivity index (χ4n) is 3.61. The van der Waals surface area contributed by atoms with Crippen molar-refractivity contribution in [3.05, 3.63) is 65.9 Å². The lowest BCUT2D eigenvalue weighted by Gasteiger charge is -2.16. The summed E-state index contributed by atoms with van der Waals surface area (Å²) in [6, 6.07) is 8.31. The molecule has 1 aliphatic heterocycles. The van der Waals surface area contributed by atoms with Crippen LogP contribution in [-0.2, 0) is 22.6 Å². The van der Waals surface area contributed by atoms with Crippen molar-refractivity contribution in [2.45, 2.75) is 19.4 Å². The molecule has 7 heteroatoms. The molecule has 3 aromatic rings. The summed E-state index contributed by atoms with van der Waals surface area (Å²) in [5.41, 5.74) is 2.81. The normalized spacial score (nSPS) is 16.7. The highest BCUT2D eigenvalue weighted by molar-refractivity contribution is 5.89. The zero-order chi connectivity index (χ0) is 19.5. The number of aromatic nitrogens is 2. The van der Waals surface area contributed by atoms with Crippen molar-refractivity contribution < 1.29 is 14.0 Å². The number of pyridine rings is 1. The summed E-state index contributed by atoms with van der Waals surface area (Å²) in [6.45, 7) is 1.35. The van der Waals surface area contributed by atoms with E-state index >= 15 is 0 Å². The summed E-state index contributed by atoms with van der Waals surface area (Å²) in [5.74, 6) is -0.747. The van der Waals surface area contributed by atoms with Crippen molar-refractivity contribution in [1.29, 1.82) is 0 Å². The van der Waals surface area contributed by atoms with Gasteiger partial charge in [-0.05, 0) is 47.9 Å². The first-order chi connectivity index (χ1) is 13.6. The summed E-state index contributed by atoms with van der Waals surface area (Å²) in [4.78, 5) is 33.5. The molecular weight excluding hydrogens is 359 g/mol. The monoisotopic (exact) mass is 380 g/mol. The minimum Gasteiger partial charge on any atom is -0.361 e. The molecule has 2 N–H and O–H groups in total. The van der Waals surface area contributed by atoms with Gasteiger partial charge in [0.25, 0.3) is 0 Å². The third-order valence-electron chi connectivity index (χ3n) is 5.18. The van der Waals surface area contributed by atoms with E-state index in [0.29, 0.717) is 26.1 Å². The number of rotatable bonds is 6. The van der Waals surface area contributed by atoms with Crippen molar-refractivity contribution >= 4 is 22.7 Å². The number of carbonyl (C=O) groups excluding carboxylic acids is 2. The van der Waals surface area contributed by atoms with Gasteiger partial charge in [0.1, 0.15) is 5.82 Å². The van der Waals surface area contributed by atoms with Gasteiger partial charge in [-0.1, -0.05) is 0 Å². The quantitative estimate of drug-likeness (QED) is 0.689. The SMILES string of the molecule is O=C(NCc1ccncc1)[C@H]1CC(=O)N(CCc2c[nH]c3ccc(F)cc23)C1. The lowest BCUT2D eigenvalue weighted by Crippen LogP contribution is -2.33. The van der Waals surface area contributed by atoms with Crippen molar-refractivity contribution in [1.82, 2.24) is 20.2 Å². The zero-order valence-corrected chi connectivity index (χ0v) is 15.3. The molecule has 0 bridgehead atoms. The lowest BCUT2D eigenvalue weighted by atomic mass is 10.1. The number of fused-ring (bicyclic) bond motifs is 1. The lowest BCUT2D eigenvalue weighted by molar-refractivity contribution is -0.129. The molecule has 0 unspecified atom stereocenters. The van der Waals surface area contributed by atoms with Crippen molar-refractivity contribution in [2.24, 2.45) is 5.92 Å². The largest absolute Gasteiger partial charge is 0.361 e. The molecule has 2 aromatic heterocycles. The van der Waals surface area contributed by atoms with E-state index in [0.717, 1.165) is 22.0 Å². The second-order valence-electron chi connectivity index (χ2n) is 7.07. The molecule has 0 aliphatic carbocycles. The second-order valence-corrected chi connectivity index (χ2v) is 7.07. The molecule has 6 nitrogen and oxygen atoms in total. The summed E-state index contributed by atoms with van der Waals surface area (Å²) in [6.07, 6.45) is 6.05. The first kappa shape index (κ1) is 18.2. The van der Waals surface area contributed by atoms with Crippen LogP contribution in [0.5, 0.6) is 0 Å². The average molecular weight is 380 g/mol. The second kappa shape index (κ2) is 7.80. The van der Waals surface area contributed by atoms with Gasteiger partial charge in [0.05, 0.1) is 5.92 Å². The van der Waals surface area contributed by atoms with Crippen LogP contribution < -0.4 is 5.32 Å². The van der Waals surface area contributed by atoms with Crippen LogP contribution in [0.1, 0.15) is 17.5 Å². The number of H-pyrrole nitrogens is 1. The fourth-order valence-corrected chi connectivity index (χ4v) is 3.61. The number of halogens is 1. The van der Waals surface area contributed by atoms with E-state index in [-0.39, 0.29) is 30.0 Å². The molecule has 4 rings (SSSR count). The van der Waals surface area contributed by atoms with Crippen LogP contribution in [0.2, 0.25) is 0 Å². The van der Waals surface area contributed by atoms with E-state index in [2.05, 4.69) is 15.3 Å². The molecule has 28 heavy (non-hydrogen) atoms. The van der Waals surface area contributed by atoms with E-state index in [9.17, 15) is 14.0 Å². The molecule has 1 aromatic carbocycles. The maximum absolute atomic E-state index is 13.5. The Bertz CT molecular complexity index is 1000. The summed E-state index contributed by atoms with van der Waals surface area (Å²) >= 11 is 0. The maximum atomic E-state index is 13.5. The third-order valence-corrected chi connectivity index (χ3v) is 5.18. The van der Waals surface area contributed by atoms with E-state index in [1.165, 1.54) is 12.1 Å². The maximum Gasteiger partial charge on any atom is 0.225 e. The summed E-state index contributed by atoms with van der Waals surface area (Å²) in [7, 11) is 0. The molecule has 1 atom stereocenters. The van der Waals surface area contributed by atoms with Crippen LogP contribution in [-0.4, -0.2) is 39.8 Å². The molecule has 3 heterocycles. The number of benzene rings is 1. The average Bonchev–Trinajstić information content (AvgIpc) is 3.28.